The van der Waals surface area contributed by atoms with Gasteiger partial charge in [-0.2, -0.15) is 0 Å². The average Bonchev–Trinajstić information content (AvgIpc) is 2.22. The minimum atomic E-state index is 0. The van der Waals surface area contributed by atoms with Crippen LogP contribution in [0, 0.1) is 44.1 Å². The van der Waals surface area contributed by atoms with E-state index in [-0.39, 0.29) is 31.1 Å². The van der Waals surface area contributed by atoms with E-state index in [9.17, 15) is 0 Å². The second kappa shape index (κ2) is 6.40. The van der Waals surface area contributed by atoms with Gasteiger partial charge in [0, 0.05) is 35.6 Å². The summed E-state index contributed by atoms with van der Waals surface area (Å²) >= 11 is 6.96. The van der Waals surface area contributed by atoms with Gasteiger partial charge in [-0.15, -0.1) is 29.8 Å². The second-order valence-electron chi connectivity index (χ2n) is 3.38. The molecule has 80 valence electrons. The molecule has 0 heterocycles. The first-order chi connectivity index (χ1) is 7.16. The normalized spacial score (nSPS) is 9.69. The SMILES string of the molecule is Cc1ccc(Br)cc1-c1[c-]ccc(Br)c1.[U]. The Kier molecular flexibility index (Phi) is 5.81. The van der Waals surface area contributed by atoms with Crippen LogP contribution in [-0.4, -0.2) is 0 Å². The summed E-state index contributed by atoms with van der Waals surface area (Å²) in [5.41, 5.74) is 3.58. The smallest absolute Gasteiger partial charge is 0.00889 e. The molecule has 0 spiro atoms. The van der Waals surface area contributed by atoms with Crippen LogP contribution in [0.4, 0.5) is 0 Å². The van der Waals surface area contributed by atoms with Crippen molar-refractivity contribution in [1.29, 1.82) is 0 Å². The molecule has 0 saturated heterocycles. The van der Waals surface area contributed by atoms with E-state index < -0.39 is 0 Å². The summed E-state index contributed by atoms with van der Waals surface area (Å²) in [5.74, 6) is 0. The molecule has 0 aromatic heterocycles. The van der Waals surface area contributed by atoms with Crippen molar-refractivity contribution in [3.63, 3.8) is 0 Å². The molecule has 2 aromatic rings. The molecule has 2 aromatic carbocycles. The molecule has 2 rings (SSSR count). The Morgan fingerprint density at radius 3 is 2.38 bits per heavy atom. The van der Waals surface area contributed by atoms with Crippen LogP contribution >= 0.6 is 31.9 Å². The summed E-state index contributed by atoms with van der Waals surface area (Å²) in [4.78, 5) is 0. The summed E-state index contributed by atoms with van der Waals surface area (Å²) in [5, 5.41) is 0. The first-order valence-electron chi connectivity index (χ1n) is 4.60. The number of rotatable bonds is 1. The molecule has 0 aliphatic rings. The third-order valence-corrected chi connectivity index (χ3v) is 3.24. The standard InChI is InChI=1S/C13H9Br2.U/c1-9-5-6-12(15)8-13(9)10-3-2-4-11(14)7-10;/h2,4-8H,1H3;/q-1;. The number of halogens is 2. The van der Waals surface area contributed by atoms with E-state index in [0.29, 0.717) is 0 Å². The summed E-state index contributed by atoms with van der Waals surface area (Å²) in [6.45, 7) is 2.11. The van der Waals surface area contributed by atoms with Crippen LogP contribution in [0.2, 0.25) is 0 Å². The minimum absolute atomic E-state index is 0. The van der Waals surface area contributed by atoms with Gasteiger partial charge < -0.3 is 0 Å². The summed E-state index contributed by atoms with van der Waals surface area (Å²) in [7, 11) is 0. The fourth-order valence-electron chi connectivity index (χ4n) is 1.48. The maximum absolute atomic E-state index is 3.49. The van der Waals surface area contributed by atoms with Gasteiger partial charge in [0.1, 0.15) is 0 Å². The molecule has 0 N–H and O–H groups in total. The van der Waals surface area contributed by atoms with Crippen LogP contribution in [0.1, 0.15) is 5.56 Å². The molecule has 0 atom stereocenters. The van der Waals surface area contributed by atoms with Crippen molar-refractivity contribution in [2.24, 2.45) is 0 Å². The first kappa shape index (κ1) is 14.5. The van der Waals surface area contributed by atoms with Gasteiger partial charge >= 0.3 is 0 Å². The van der Waals surface area contributed by atoms with Crippen molar-refractivity contribution in [2.45, 2.75) is 6.92 Å². The molecule has 0 saturated carbocycles. The molecule has 0 unspecified atom stereocenters. The van der Waals surface area contributed by atoms with Crippen molar-refractivity contribution in [3.8, 4) is 11.1 Å². The van der Waals surface area contributed by atoms with E-state index in [0.717, 1.165) is 14.5 Å². The van der Waals surface area contributed by atoms with E-state index >= 15 is 0 Å². The largest absolute Gasteiger partial charge is 0.146 e. The zero-order valence-electron chi connectivity index (χ0n) is 8.72. The number of benzene rings is 2. The Hall–Kier alpha value is 0.452. The summed E-state index contributed by atoms with van der Waals surface area (Å²) < 4.78 is 2.17. The molecular formula is C13H9Br2U-. The average molecular weight is 563 g/mol. The minimum Gasteiger partial charge on any atom is -0.146 e. The molecule has 16 heavy (non-hydrogen) atoms. The molecule has 3 heteroatoms. The zero-order valence-corrected chi connectivity index (χ0v) is 16.1. The molecule has 0 bridgehead atoms. The Morgan fingerprint density at radius 1 is 1.00 bits per heavy atom. The number of aryl methyl sites for hydroxylation is 1. The summed E-state index contributed by atoms with van der Waals surface area (Å²) in [6, 6.07) is 15.5. The van der Waals surface area contributed by atoms with E-state index in [1.165, 1.54) is 11.1 Å². The first-order valence-corrected chi connectivity index (χ1v) is 6.19. The molecule has 0 aliphatic carbocycles. The molecule has 0 aliphatic heterocycles. The van der Waals surface area contributed by atoms with Crippen molar-refractivity contribution < 1.29 is 31.1 Å². The van der Waals surface area contributed by atoms with Crippen molar-refractivity contribution in [3.05, 3.63) is 57.0 Å². The van der Waals surface area contributed by atoms with Crippen molar-refractivity contribution in [2.75, 3.05) is 0 Å². The molecule has 0 radical (unpaired) electrons. The van der Waals surface area contributed by atoms with Gasteiger partial charge in [0.25, 0.3) is 0 Å². The predicted molar refractivity (Wildman–Crippen MR) is 70.9 cm³/mol. The van der Waals surface area contributed by atoms with Crippen LogP contribution in [0.15, 0.2) is 45.3 Å². The Balaban J connectivity index is 0.00000128. The van der Waals surface area contributed by atoms with Gasteiger partial charge in [-0.05, 0) is 13.0 Å². The van der Waals surface area contributed by atoms with Crippen LogP contribution in [0.3, 0.4) is 0 Å². The third-order valence-electron chi connectivity index (χ3n) is 2.25. The van der Waals surface area contributed by atoms with Crippen molar-refractivity contribution >= 4 is 31.9 Å². The topological polar surface area (TPSA) is 0 Å². The fourth-order valence-corrected chi connectivity index (χ4v) is 2.20. The third kappa shape index (κ3) is 3.47. The Bertz CT molecular complexity index is 495. The number of hydrogen-bond donors (Lipinski definition) is 0. The number of hydrogen-bond acceptors (Lipinski definition) is 0. The van der Waals surface area contributed by atoms with Crippen LogP contribution in [0.25, 0.3) is 11.1 Å². The second-order valence-corrected chi connectivity index (χ2v) is 5.21. The molecular weight excluding hydrogens is 554 g/mol. The molecule has 0 nitrogen and oxygen atoms in total. The monoisotopic (exact) mass is 561 g/mol. The van der Waals surface area contributed by atoms with Crippen LogP contribution in [-0.2, 0) is 0 Å². The van der Waals surface area contributed by atoms with Crippen LogP contribution < -0.4 is 0 Å². The zero-order chi connectivity index (χ0) is 10.8. The molecule has 0 amide bonds. The van der Waals surface area contributed by atoms with Gasteiger partial charge in [-0.1, -0.05) is 59.6 Å². The van der Waals surface area contributed by atoms with E-state index in [2.05, 4.69) is 69.1 Å². The Labute approximate surface area is 136 Å². The summed E-state index contributed by atoms with van der Waals surface area (Å²) in [6.07, 6.45) is 0. The van der Waals surface area contributed by atoms with Gasteiger partial charge in [-0.3, -0.25) is 0 Å². The van der Waals surface area contributed by atoms with Gasteiger partial charge in [0.15, 0.2) is 0 Å². The van der Waals surface area contributed by atoms with Crippen molar-refractivity contribution in [1.82, 2.24) is 0 Å². The van der Waals surface area contributed by atoms with Crippen LogP contribution in [0.5, 0.6) is 0 Å². The van der Waals surface area contributed by atoms with Gasteiger partial charge in [0.05, 0.1) is 0 Å². The van der Waals surface area contributed by atoms with Gasteiger partial charge in [0.2, 0.25) is 0 Å². The predicted octanol–water partition coefficient (Wildman–Crippen LogP) is 4.99. The van der Waals surface area contributed by atoms with E-state index in [1.54, 1.807) is 0 Å². The van der Waals surface area contributed by atoms with E-state index in [1.807, 2.05) is 12.1 Å². The molecule has 0 fully saturated rings. The van der Waals surface area contributed by atoms with E-state index in [4.69, 9.17) is 0 Å². The quantitative estimate of drug-likeness (QED) is 0.430. The fraction of sp³-hybridized carbons (Fsp3) is 0.0769. The van der Waals surface area contributed by atoms with Gasteiger partial charge in [-0.25, -0.2) is 0 Å². The maximum Gasteiger partial charge on any atom is 0.00889 e. The Morgan fingerprint density at radius 2 is 1.69 bits per heavy atom. The maximum atomic E-state index is 3.49.